The quantitative estimate of drug-likeness (QED) is 0.698. The van der Waals surface area contributed by atoms with Crippen LogP contribution >= 0.6 is 11.6 Å². The van der Waals surface area contributed by atoms with Crippen LogP contribution in [-0.4, -0.2) is 44.7 Å². The number of para-hydroxylation sites is 2. The first kappa shape index (κ1) is 20.2. The molecule has 6 nitrogen and oxygen atoms in total. The zero-order chi connectivity index (χ0) is 19.8. The van der Waals surface area contributed by atoms with Gasteiger partial charge in [-0.25, -0.2) is 0 Å². The van der Waals surface area contributed by atoms with E-state index in [1.54, 1.807) is 24.3 Å². The molecule has 0 aromatic heterocycles. The molecule has 148 valence electrons. The normalized spacial score (nSPS) is 13.8. The van der Waals surface area contributed by atoms with Crippen LogP contribution in [0.1, 0.15) is 23.2 Å². The van der Waals surface area contributed by atoms with Crippen LogP contribution in [-0.2, 0) is 9.53 Å². The number of amides is 2. The van der Waals surface area contributed by atoms with Crippen LogP contribution in [0.4, 0.5) is 11.4 Å². The second kappa shape index (κ2) is 10.1. The molecule has 2 amide bonds. The average Bonchev–Trinajstić information content (AvgIpc) is 2.72. The van der Waals surface area contributed by atoms with Crippen molar-refractivity contribution in [3.63, 3.8) is 0 Å². The fraction of sp³-hybridized carbons (Fsp3) is 0.333. The zero-order valence-corrected chi connectivity index (χ0v) is 16.4. The lowest BCUT2D eigenvalue weighted by Gasteiger charge is -2.30. The molecule has 1 fully saturated rings. The molecular weight excluding hydrogens is 378 g/mol. The van der Waals surface area contributed by atoms with Gasteiger partial charge in [0, 0.05) is 36.6 Å². The molecule has 0 saturated carbocycles. The molecule has 2 aromatic carbocycles. The minimum Gasteiger partial charge on any atom is -0.378 e. The second-order valence-electron chi connectivity index (χ2n) is 6.53. The van der Waals surface area contributed by atoms with Crippen molar-refractivity contribution in [2.45, 2.75) is 12.8 Å². The molecule has 0 spiro atoms. The first-order chi connectivity index (χ1) is 13.6. The number of nitrogens with one attached hydrogen (secondary N) is 2. The van der Waals surface area contributed by atoms with Gasteiger partial charge >= 0.3 is 0 Å². The van der Waals surface area contributed by atoms with E-state index in [1.807, 2.05) is 24.3 Å². The number of halogens is 1. The standard InChI is InChI=1S/C21H24ClN3O3/c22-17-9-7-16(8-10-17)21(27)23-11-3-6-20(26)24-18-4-1-2-5-19(18)25-12-14-28-15-13-25/h1-2,4-5,7-10H,3,6,11-15H2,(H,23,27)(H,24,26). The van der Waals surface area contributed by atoms with Gasteiger partial charge in [-0.2, -0.15) is 0 Å². The van der Waals surface area contributed by atoms with Gasteiger partial charge in [-0.3, -0.25) is 9.59 Å². The molecule has 3 rings (SSSR count). The van der Waals surface area contributed by atoms with Crippen LogP contribution < -0.4 is 15.5 Å². The number of nitrogens with zero attached hydrogens (tertiary/aromatic N) is 1. The predicted molar refractivity (Wildman–Crippen MR) is 111 cm³/mol. The van der Waals surface area contributed by atoms with E-state index in [9.17, 15) is 9.59 Å². The minimum atomic E-state index is -0.172. The fourth-order valence-corrected chi connectivity index (χ4v) is 3.15. The highest BCUT2D eigenvalue weighted by Gasteiger charge is 2.15. The monoisotopic (exact) mass is 401 g/mol. The van der Waals surface area contributed by atoms with E-state index < -0.39 is 0 Å². The van der Waals surface area contributed by atoms with Crippen LogP contribution in [0.15, 0.2) is 48.5 Å². The molecule has 0 aliphatic carbocycles. The molecule has 1 heterocycles. The summed E-state index contributed by atoms with van der Waals surface area (Å²) in [6.45, 7) is 3.43. The summed E-state index contributed by atoms with van der Waals surface area (Å²) in [6.07, 6.45) is 0.892. The van der Waals surface area contributed by atoms with Crippen molar-refractivity contribution in [1.29, 1.82) is 0 Å². The van der Waals surface area contributed by atoms with E-state index in [-0.39, 0.29) is 11.8 Å². The number of anilines is 2. The number of ether oxygens (including phenoxy) is 1. The summed E-state index contributed by atoms with van der Waals surface area (Å²) in [5, 5.41) is 6.39. The first-order valence-electron chi connectivity index (χ1n) is 9.39. The maximum Gasteiger partial charge on any atom is 0.251 e. The van der Waals surface area contributed by atoms with Gasteiger partial charge < -0.3 is 20.3 Å². The molecule has 0 bridgehead atoms. The molecule has 28 heavy (non-hydrogen) atoms. The highest BCUT2D eigenvalue weighted by atomic mass is 35.5. The third-order valence-corrected chi connectivity index (χ3v) is 4.75. The lowest BCUT2D eigenvalue weighted by molar-refractivity contribution is -0.116. The van der Waals surface area contributed by atoms with Crippen molar-refractivity contribution < 1.29 is 14.3 Å². The molecule has 1 aliphatic rings. The highest BCUT2D eigenvalue weighted by Crippen LogP contribution is 2.26. The van der Waals surface area contributed by atoms with Gasteiger partial charge in [0.2, 0.25) is 5.91 Å². The van der Waals surface area contributed by atoms with Crippen LogP contribution in [0.3, 0.4) is 0 Å². The Hall–Kier alpha value is -2.57. The van der Waals surface area contributed by atoms with E-state index in [0.717, 1.165) is 24.5 Å². The lowest BCUT2D eigenvalue weighted by atomic mass is 10.2. The summed E-state index contributed by atoms with van der Waals surface area (Å²) in [4.78, 5) is 26.6. The number of morpholine rings is 1. The Bertz CT molecular complexity index is 805. The number of carbonyl (C=O) groups excluding carboxylic acids is 2. The smallest absolute Gasteiger partial charge is 0.251 e. The zero-order valence-electron chi connectivity index (χ0n) is 15.6. The number of hydrogen-bond donors (Lipinski definition) is 2. The van der Waals surface area contributed by atoms with Gasteiger partial charge in [0.25, 0.3) is 5.91 Å². The molecule has 2 aromatic rings. The fourth-order valence-electron chi connectivity index (χ4n) is 3.03. The van der Waals surface area contributed by atoms with Gasteiger partial charge in [-0.1, -0.05) is 23.7 Å². The number of benzene rings is 2. The van der Waals surface area contributed by atoms with Gasteiger partial charge in [0.1, 0.15) is 0 Å². The lowest BCUT2D eigenvalue weighted by Crippen LogP contribution is -2.36. The van der Waals surface area contributed by atoms with Crippen LogP contribution in [0.5, 0.6) is 0 Å². The minimum absolute atomic E-state index is 0.0681. The largest absolute Gasteiger partial charge is 0.378 e. The molecule has 0 unspecified atom stereocenters. The summed E-state index contributed by atoms with van der Waals surface area (Å²) >= 11 is 5.82. The Kier molecular flexibility index (Phi) is 7.28. The van der Waals surface area contributed by atoms with Crippen molar-refractivity contribution >= 4 is 34.8 Å². The third kappa shape index (κ3) is 5.71. The van der Waals surface area contributed by atoms with E-state index in [0.29, 0.717) is 43.2 Å². The number of rotatable bonds is 7. The Balaban J connectivity index is 1.44. The van der Waals surface area contributed by atoms with Gasteiger partial charge in [-0.15, -0.1) is 0 Å². The molecule has 0 atom stereocenters. The highest BCUT2D eigenvalue weighted by molar-refractivity contribution is 6.30. The van der Waals surface area contributed by atoms with Crippen molar-refractivity contribution in [3.05, 3.63) is 59.1 Å². The topological polar surface area (TPSA) is 70.7 Å². The van der Waals surface area contributed by atoms with E-state index in [4.69, 9.17) is 16.3 Å². The molecule has 1 saturated heterocycles. The Morgan fingerprint density at radius 1 is 1.04 bits per heavy atom. The van der Waals surface area contributed by atoms with Gasteiger partial charge in [0.15, 0.2) is 0 Å². The maximum atomic E-state index is 12.3. The summed E-state index contributed by atoms with van der Waals surface area (Å²) in [6, 6.07) is 14.5. The molecule has 0 radical (unpaired) electrons. The number of carbonyl (C=O) groups is 2. The summed E-state index contributed by atoms with van der Waals surface area (Å²) in [5.41, 5.74) is 2.36. The maximum absolute atomic E-state index is 12.3. The first-order valence-corrected chi connectivity index (χ1v) is 9.76. The van der Waals surface area contributed by atoms with E-state index in [2.05, 4.69) is 15.5 Å². The average molecular weight is 402 g/mol. The van der Waals surface area contributed by atoms with Crippen molar-refractivity contribution in [1.82, 2.24) is 5.32 Å². The molecule has 2 N–H and O–H groups in total. The van der Waals surface area contributed by atoms with Crippen LogP contribution in [0.2, 0.25) is 5.02 Å². The Labute approximate surface area is 169 Å². The molecule has 1 aliphatic heterocycles. The SMILES string of the molecule is O=C(CCCNC(=O)c1ccc(Cl)cc1)Nc1ccccc1N1CCOCC1. The molecule has 7 heteroatoms. The second-order valence-corrected chi connectivity index (χ2v) is 6.97. The summed E-state index contributed by atoms with van der Waals surface area (Å²) in [5.74, 6) is -0.240. The number of hydrogen-bond acceptors (Lipinski definition) is 4. The van der Waals surface area contributed by atoms with Gasteiger partial charge in [-0.05, 0) is 42.8 Å². The van der Waals surface area contributed by atoms with Crippen molar-refractivity contribution in [2.75, 3.05) is 43.1 Å². The van der Waals surface area contributed by atoms with Crippen molar-refractivity contribution in [2.24, 2.45) is 0 Å². The van der Waals surface area contributed by atoms with Gasteiger partial charge in [0.05, 0.1) is 24.6 Å². The predicted octanol–water partition coefficient (Wildman–Crippen LogP) is 3.33. The van der Waals surface area contributed by atoms with E-state index in [1.165, 1.54) is 0 Å². The van der Waals surface area contributed by atoms with Crippen molar-refractivity contribution in [3.8, 4) is 0 Å². The van der Waals surface area contributed by atoms with E-state index >= 15 is 0 Å². The Morgan fingerprint density at radius 2 is 1.75 bits per heavy atom. The molecular formula is C21H24ClN3O3. The third-order valence-electron chi connectivity index (χ3n) is 4.50. The van der Waals surface area contributed by atoms with Crippen LogP contribution in [0, 0.1) is 0 Å². The Morgan fingerprint density at radius 3 is 2.50 bits per heavy atom. The van der Waals surface area contributed by atoms with Crippen LogP contribution in [0.25, 0.3) is 0 Å². The summed E-state index contributed by atoms with van der Waals surface area (Å²) < 4.78 is 5.39. The summed E-state index contributed by atoms with van der Waals surface area (Å²) in [7, 11) is 0.